The van der Waals surface area contributed by atoms with Gasteiger partial charge in [0.05, 0.1) is 17.0 Å². The van der Waals surface area contributed by atoms with E-state index < -0.39 is 10.8 Å². The van der Waals surface area contributed by atoms with Crippen molar-refractivity contribution in [3.63, 3.8) is 0 Å². The summed E-state index contributed by atoms with van der Waals surface area (Å²) in [5.41, 5.74) is 0.902. The lowest BCUT2D eigenvalue weighted by Crippen LogP contribution is -2.53. The predicted octanol–water partition coefficient (Wildman–Crippen LogP) is 1.70. The van der Waals surface area contributed by atoms with Crippen molar-refractivity contribution < 1.29 is 9.00 Å². The van der Waals surface area contributed by atoms with Crippen molar-refractivity contribution in [3.8, 4) is 0 Å². The van der Waals surface area contributed by atoms with Crippen molar-refractivity contribution in [1.29, 1.82) is 0 Å². The minimum atomic E-state index is -0.901. The molecule has 1 atom stereocenters. The van der Waals surface area contributed by atoms with Crippen LogP contribution < -0.4 is 5.32 Å². The van der Waals surface area contributed by atoms with Gasteiger partial charge in [-0.2, -0.15) is 5.10 Å². The number of hydrogen-bond donors (Lipinski definition) is 1. The summed E-state index contributed by atoms with van der Waals surface area (Å²) in [6, 6.07) is 7.27. The average Bonchev–Trinajstić information content (AvgIpc) is 2.98. The summed E-state index contributed by atoms with van der Waals surface area (Å²) in [7, 11) is -0.901. The van der Waals surface area contributed by atoms with Gasteiger partial charge >= 0.3 is 6.03 Å². The summed E-state index contributed by atoms with van der Waals surface area (Å²) < 4.78 is 13.3. The fourth-order valence-corrected chi connectivity index (χ4v) is 3.85. The third-order valence-corrected chi connectivity index (χ3v) is 5.86. The Labute approximate surface area is 143 Å². The zero-order valence-electron chi connectivity index (χ0n) is 13.8. The maximum absolute atomic E-state index is 12.4. The molecule has 0 saturated carbocycles. The summed E-state index contributed by atoms with van der Waals surface area (Å²) in [4.78, 5) is 18.3. The maximum Gasteiger partial charge on any atom is 0.323 e. The van der Waals surface area contributed by atoms with Crippen LogP contribution >= 0.6 is 0 Å². The van der Waals surface area contributed by atoms with E-state index >= 15 is 0 Å². The number of nitrogens with one attached hydrogen (secondary N) is 1. The summed E-state index contributed by atoms with van der Waals surface area (Å²) in [6.45, 7) is 5.36. The van der Waals surface area contributed by atoms with Gasteiger partial charge in [0.2, 0.25) is 0 Å². The quantitative estimate of drug-likeness (QED) is 0.916. The number of urea groups is 1. The zero-order chi connectivity index (χ0) is 17.2. The van der Waals surface area contributed by atoms with Crippen LogP contribution in [0.5, 0.6) is 0 Å². The van der Waals surface area contributed by atoms with E-state index in [1.165, 1.54) is 0 Å². The monoisotopic (exact) mass is 347 g/mol. The molecule has 0 bridgehead atoms. The zero-order valence-corrected chi connectivity index (χ0v) is 14.6. The second-order valence-electron chi connectivity index (χ2n) is 6.38. The number of carbonyl (C=O) groups excluding carboxylic acids is 1. The van der Waals surface area contributed by atoms with Crippen LogP contribution in [0.1, 0.15) is 19.5 Å². The molecule has 0 spiro atoms. The highest BCUT2D eigenvalue weighted by atomic mass is 32.2. The lowest BCUT2D eigenvalue weighted by Gasteiger charge is -2.36. The summed E-state index contributed by atoms with van der Waals surface area (Å²) >= 11 is 0. The highest BCUT2D eigenvalue weighted by molar-refractivity contribution is 7.86. The van der Waals surface area contributed by atoms with Gasteiger partial charge in [-0.15, -0.1) is 0 Å². The Morgan fingerprint density at radius 1 is 1.38 bits per heavy atom. The Bertz CT molecular complexity index is 744. The summed E-state index contributed by atoms with van der Waals surface area (Å²) in [5, 5.41) is 7.16. The van der Waals surface area contributed by atoms with Crippen molar-refractivity contribution in [1.82, 2.24) is 19.7 Å². The van der Waals surface area contributed by atoms with Crippen molar-refractivity contribution in [2.24, 2.45) is 0 Å². The molecule has 1 saturated heterocycles. The minimum Gasteiger partial charge on any atom is -0.322 e. The number of aromatic nitrogens is 3. The lowest BCUT2D eigenvalue weighted by atomic mass is 10.2. The first-order chi connectivity index (χ1) is 11.4. The second kappa shape index (κ2) is 6.72. The standard InChI is InChI=1S/C16H21N5O2S/c1-16(2)12-20(9-10-24(16)23)15(22)18-14-6-8-21(19-14)11-13-5-3-4-7-17-13/h3-8H,9-12H2,1-2H3,(H,18,19,22)/t24-/m1/s1. The van der Waals surface area contributed by atoms with Crippen LogP contribution in [-0.2, 0) is 17.3 Å². The number of pyridine rings is 1. The fourth-order valence-electron chi connectivity index (χ4n) is 2.62. The highest BCUT2D eigenvalue weighted by Gasteiger charge is 2.35. The molecule has 0 radical (unpaired) electrons. The molecule has 7 nitrogen and oxygen atoms in total. The van der Waals surface area contributed by atoms with Gasteiger partial charge in [0.15, 0.2) is 5.82 Å². The first-order valence-electron chi connectivity index (χ1n) is 7.82. The molecular weight excluding hydrogens is 326 g/mol. The Morgan fingerprint density at radius 3 is 2.92 bits per heavy atom. The van der Waals surface area contributed by atoms with Gasteiger partial charge in [-0.05, 0) is 26.0 Å². The van der Waals surface area contributed by atoms with E-state index in [2.05, 4.69) is 15.4 Å². The van der Waals surface area contributed by atoms with Crippen LogP contribution in [-0.4, -0.2) is 53.5 Å². The minimum absolute atomic E-state index is 0.206. The molecule has 8 heteroatoms. The van der Waals surface area contributed by atoms with E-state index in [4.69, 9.17) is 0 Å². The van der Waals surface area contributed by atoms with Gasteiger partial charge in [-0.3, -0.25) is 19.2 Å². The number of hydrogen-bond acceptors (Lipinski definition) is 4. The molecule has 0 unspecified atom stereocenters. The van der Waals surface area contributed by atoms with Gasteiger partial charge in [-0.25, -0.2) is 4.79 Å². The normalized spacial score (nSPS) is 19.9. The molecule has 0 aliphatic carbocycles. The van der Waals surface area contributed by atoms with Crippen LogP contribution in [0, 0.1) is 0 Å². The molecule has 1 fully saturated rings. The molecule has 1 N–H and O–H groups in total. The molecule has 2 aromatic rings. The topological polar surface area (TPSA) is 80.1 Å². The molecule has 2 aromatic heterocycles. The molecule has 1 aliphatic heterocycles. The van der Waals surface area contributed by atoms with Crippen molar-refractivity contribution >= 4 is 22.6 Å². The van der Waals surface area contributed by atoms with Gasteiger partial charge in [0, 0.05) is 48.1 Å². The van der Waals surface area contributed by atoms with Crippen LogP contribution in [0.15, 0.2) is 36.7 Å². The van der Waals surface area contributed by atoms with Crippen molar-refractivity contribution in [2.45, 2.75) is 25.1 Å². The summed E-state index contributed by atoms with van der Waals surface area (Å²) in [5.74, 6) is 1.01. The molecule has 1 aliphatic rings. The molecule has 0 aromatic carbocycles. The Balaban J connectivity index is 1.60. The molecule has 3 heterocycles. The van der Waals surface area contributed by atoms with Gasteiger partial charge in [0.1, 0.15) is 0 Å². The van der Waals surface area contributed by atoms with Crippen LogP contribution in [0.3, 0.4) is 0 Å². The second-order valence-corrected chi connectivity index (χ2v) is 8.59. The molecule has 24 heavy (non-hydrogen) atoms. The third-order valence-electron chi connectivity index (χ3n) is 3.95. The highest BCUT2D eigenvalue weighted by Crippen LogP contribution is 2.20. The van der Waals surface area contributed by atoms with E-state index in [0.29, 0.717) is 31.2 Å². The Hall–Kier alpha value is -2.22. The number of nitrogens with zero attached hydrogens (tertiary/aromatic N) is 4. The predicted molar refractivity (Wildman–Crippen MR) is 93.2 cm³/mol. The van der Waals surface area contributed by atoms with E-state index in [0.717, 1.165) is 5.69 Å². The Kier molecular flexibility index (Phi) is 4.66. The molecule has 128 valence electrons. The smallest absolute Gasteiger partial charge is 0.322 e. The number of carbonyl (C=O) groups is 1. The summed E-state index contributed by atoms with van der Waals surface area (Å²) in [6.07, 6.45) is 3.54. The molecular formula is C16H21N5O2S. The number of amides is 2. The number of rotatable bonds is 3. The van der Waals surface area contributed by atoms with E-state index in [-0.39, 0.29) is 10.8 Å². The average molecular weight is 347 g/mol. The largest absolute Gasteiger partial charge is 0.323 e. The van der Waals surface area contributed by atoms with Crippen molar-refractivity contribution in [3.05, 3.63) is 42.4 Å². The van der Waals surface area contributed by atoms with Crippen molar-refractivity contribution in [2.75, 3.05) is 24.2 Å². The van der Waals surface area contributed by atoms with Gasteiger partial charge < -0.3 is 4.90 Å². The SMILES string of the molecule is CC1(C)CN(C(=O)Nc2ccn(Cc3ccccn3)n2)CC[S@]1=O. The first-order valence-corrected chi connectivity index (χ1v) is 9.14. The van der Waals surface area contributed by atoms with Crippen LogP contribution in [0.2, 0.25) is 0 Å². The van der Waals surface area contributed by atoms with Crippen LogP contribution in [0.25, 0.3) is 0 Å². The maximum atomic E-state index is 12.4. The lowest BCUT2D eigenvalue weighted by molar-refractivity contribution is 0.207. The fraction of sp³-hybridized carbons (Fsp3) is 0.438. The third kappa shape index (κ3) is 3.81. The van der Waals surface area contributed by atoms with Gasteiger partial charge in [-0.1, -0.05) is 6.07 Å². The van der Waals surface area contributed by atoms with E-state index in [1.807, 2.05) is 32.0 Å². The molecule has 3 rings (SSSR count). The van der Waals surface area contributed by atoms with E-state index in [9.17, 15) is 9.00 Å². The first kappa shape index (κ1) is 16.6. The Morgan fingerprint density at radius 2 is 2.21 bits per heavy atom. The van der Waals surface area contributed by atoms with E-state index in [1.54, 1.807) is 28.0 Å². The molecule has 2 amide bonds. The van der Waals surface area contributed by atoms with Gasteiger partial charge in [0.25, 0.3) is 0 Å². The number of anilines is 1. The van der Waals surface area contributed by atoms with Crippen LogP contribution in [0.4, 0.5) is 10.6 Å².